The van der Waals surface area contributed by atoms with E-state index in [1.807, 2.05) is 34.6 Å². The average Bonchev–Trinajstić information content (AvgIpc) is 3.66. The van der Waals surface area contributed by atoms with Crippen molar-refractivity contribution in [2.24, 2.45) is 57.2 Å². The lowest BCUT2D eigenvalue weighted by Gasteiger charge is -2.62. The molecule has 0 unspecified atom stereocenters. The zero-order chi connectivity index (χ0) is 47.7. The minimum Gasteiger partial charge on any atom is -0.450 e. The van der Waals surface area contributed by atoms with Crippen LogP contribution in [0.1, 0.15) is 151 Å². The second-order valence-electron chi connectivity index (χ2n) is 22.0. The minimum absolute atomic E-state index is 0.0325. The summed E-state index contributed by atoms with van der Waals surface area (Å²) in [4.78, 5) is 75.8. The highest BCUT2D eigenvalue weighted by molar-refractivity contribution is 6.01. The van der Waals surface area contributed by atoms with Crippen molar-refractivity contribution in [3.63, 3.8) is 0 Å². The third-order valence-corrected chi connectivity index (χ3v) is 19.1. The van der Waals surface area contributed by atoms with Gasteiger partial charge in [0.05, 0.1) is 12.2 Å². The number of esters is 2. The molecule has 0 aromatic heterocycles. The molecule has 360 valence electrons. The lowest BCUT2D eigenvalue weighted by molar-refractivity contribution is -0.228. The number of ketones is 4. The van der Waals surface area contributed by atoms with Gasteiger partial charge in [-0.1, -0.05) is 65.2 Å². The zero-order valence-electron chi connectivity index (χ0n) is 39.6. The number of rotatable bonds is 11. The number of aliphatic hydroxyl groups is 4. The first-order valence-electron chi connectivity index (χ1n) is 24.5. The molecule has 0 aliphatic heterocycles. The predicted molar refractivity (Wildman–Crippen MR) is 237 cm³/mol. The van der Waals surface area contributed by atoms with E-state index in [9.17, 15) is 49.2 Å². The van der Waals surface area contributed by atoms with Crippen LogP contribution in [0.15, 0.2) is 35.5 Å². The first kappa shape index (κ1) is 49.5. The number of fused-ring (bicyclic) bond motifs is 10. The standard InChI is InChI=1S/C27H37FO6.C25H36O6/c1-5-6-7-23(33)34-27(22(32)15-29)16(2)12-20-19-9-8-17-13-18(30)10-11-24(17,3)26(19,28)21(31)14-25(20,27)4;1-4-5-21(30)31-25(20(29)14-26)11-9-18-17-7-6-15-12-16(27)8-10-23(15,2)22(17)19(28)13-24(18,25)3/h10-11,13,16,19-21,29,31H,5-9,12,14-15H2,1-4H3;12,17-19,22,26,28H,4-11,13-14H2,1-3H3/t16-,19-,20-,21-,24-,25-,26-,27-;17-,18-,19-,22+,23-,24-,25-/m00/s1. The van der Waals surface area contributed by atoms with Crippen molar-refractivity contribution in [1.82, 2.24) is 0 Å². The van der Waals surface area contributed by atoms with Gasteiger partial charge in [-0.2, -0.15) is 0 Å². The van der Waals surface area contributed by atoms with Gasteiger partial charge in [-0.3, -0.25) is 28.8 Å². The topological polar surface area (TPSA) is 202 Å². The Labute approximate surface area is 383 Å². The Balaban J connectivity index is 0.000000195. The molecule has 0 amide bonds. The summed E-state index contributed by atoms with van der Waals surface area (Å²) in [5.74, 6) is -2.94. The van der Waals surface area contributed by atoms with Crippen LogP contribution in [0.25, 0.3) is 0 Å². The van der Waals surface area contributed by atoms with E-state index in [-0.39, 0.29) is 59.9 Å². The van der Waals surface area contributed by atoms with E-state index in [0.29, 0.717) is 56.9 Å². The van der Waals surface area contributed by atoms with Gasteiger partial charge in [0.15, 0.2) is 28.4 Å². The number of allylic oxidation sites excluding steroid dienone is 5. The molecule has 15 atom stereocenters. The number of alkyl halides is 1. The SMILES string of the molecule is CCCC(=O)O[C@]1(C(=O)CO)CC[C@H]2[C@@H]3CCC4=CC(=O)CC[C@]4(C)[C@H]3[C@@H](O)C[C@@]21C.CCCCC(=O)O[C@]1(C(=O)CO)[C@@H](C)C[C@H]2[C@@H]3CCC4=CC(=O)C=C[C@]4(C)[C@@]3(F)[C@@H](O)C[C@@]21C. The number of aliphatic hydroxyl groups excluding tert-OH is 4. The molecule has 8 aliphatic rings. The molecule has 8 rings (SSSR count). The molecular weight excluding hydrogens is 836 g/mol. The number of ether oxygens (including phenoxy) is 2. The van der Waals surface area contributed by atoms with Gasteiger partial charge in [0.2, 0.25) is 11.6 Å². The molecular formula is C52H73FO12. The highest BCUT2D eigenvalue weighted by Crippen LogP contribution is 2.72. The maximum atomic E-state index is 17.3. The van der Waals surface area contributed by atoms with E-state index in [1.165, 1.54) is 12.2 Å². The fourth-order valence-corrected chi connectivity index (χ4v) is 16.0. The highest BCUT2D eigenvalue weighted by atomic mass is 19.1. The van der Waals surface area contributed by atoms with Crippen LogP contribution in [0.4, 0.5) is 4.39 Å². The van der Waals surface area contributed by atoms with Crippen LogP contribution in [0.2, 0.25) is 0 Å². The highest BCUT2D eigenvalue weighted by Gasteiger charge is 2.77. The lowest BCUT2D eigenvalue weighted by Crippen LogP contribution is -2.70. The molecule has 4 N–H and O–H groups in total. The summed E-state index contributed by atoms with van der Waals surface area (Å²) in [6, 6.07) is 0. The molecule has 6 saturated carbocycles. The van der Waals surface area contributed by atoms with E-state index < -0.39 is 93.9 Å². The van der Waals surface area contributed by atoms with Gasteiger partial charge in [0, 0.05) is 47.3 Å². The maximum absolute atomic E-state index is 17.3. The van der Waals surface area contributed by atoms with Crippen molar-refractivity contribution in [2.75, 3.05) is 13.2 Å². The summed E-state index contributed by atoms with van der Waals surface area (Å²) in [6.45, 7) is 11.9. The molecule has 65 heavy (non-hydrogen) atoms. The minimum atomic E-state index is -2.03. The van der Waals surface area contributed by atoms with Crippen LogP contribution in [0.3, 0.4) is 0 Å². The maximum Gasteiger partial charge on any atom is 0.306 e. The molecule has 0 heterocycles. The normalized spacial score (nSPS) is 44.6. The van der Waals surface area contributed by atoms with Crippen LogP contribution in [0, 0.1) is 57.2 Å². The Morgan fingerprint density at radius 3 is 2.11 bits per heavy atom. The van der Waals surface area contributed by atoms with Crippen molar-refractivity contribution < 1.29 is 63.1 Å². The third kappa shape index (κ3) is 7.15. The molecule has 0 aromatic rings. The van der Waals surface area contributed by atoms with E-state index >= 15 is 4.39 Å². The van der Waals surface area contributed by atoms with Gasteiger partial charge in [-0.05, 0) is 131 Å². The van der Waals surface area contributed by atoms with Gasteiger partial charge < -0.3 is 29.9 Å². The van der Waals surface area contributed by atoms with Gasteiger partial charge in [-0.25, -0.2) is 4.39 Å². The molecule has 8 aliphatic carbocycles. The zero-order valence-corrected chi connectivity index (χ0v) is 39.6. The second-order valence-corrected chi connectivity index (χ2v) is 22.0. The van der Waals surface area contributed by atoms with E-state index in [4.69, 9.17) is 9.47 Å². The van der Waals surface area contributed by atoms with Crippen LogP contribution in [-0.4, -0.2) is 97.8 Å². The summed E-state index contributed by atoms with van der Waals surface area (Å²) < 4.78 is 29.2. The Morgan fingerprint density at radius 2 is 1.45 bits per heavy atom. The Bertz CT molecular complexity index is 2060. The number of unbranched alkanes of at least 4 members (excludes halogenated alkanes) is 1. The van der Waals surface area contributed by atoms with E-state index in [0.717, 1.165) is 37.7 Å². The van der Waals surface area contributed by atoms with Crippen molar-refractivity contribution in [3.8, 4) is 0 Å². The fraction of sp³-hybridized carbons (Fsp3) is 0.769. The Hall–Kier alpha value is -3.39. The number of carbonyl (C=O) groups is 6. The summed E-state index contributed by atoms with van der Waals surface area (Å²) in [6.07, 6.45) is 12.4. The lowest BCUT2D eigenvalue weighted by atomic mass is 9.44. The number of hydrogen-bond acceptors (Lipinski definition) is 12. The van der Waals surface area contributed by atoms with Crippen LogP contribution >= 0.6 is 0 Å². The van der Waals surface area contributed by atoms with Crippen LogP contribution < -0.4 is 0 Å². The molecule has 12 nitrogen and oxygen atoms in total. The Kier molecular flexibility index (Phi) is 13.4. The third-order valence-electron chi connectivity index (χ3n) is 19.1. The molecule has 6 fully saturated rings. The first-order valence-corrected chi connectivity index (χ1v) is 24.5. The number of Topliss-reactive ketones (excluding diaryl/α,β-unsaturated/α-hetero) is 2. The molecule has 0 aromatic carbocycles. The monoisotopic (exact) mass is 909 g/mol. The summed E-state index contributed by atoms with van der Waals surface area (Å²) >= 11 is 0. The molecule has 13 heteroatoms. The van der Waals surface area contributed by atoms with Gasteiger partial charge in [0.25, 0.3) is 0 Å². The molecule has 0 bridgehead atoms. The summed E-state index contributed by atoms with van der Waals surface area (Å²) in [5.41, 5.74) is -6.23. The molecule has 0 spiro atoms. The van der Waals surface area contributed by atoms with E-state index in [1.54, 1.807) is 19.1 Å². The summed E-state index contributed by atoms with van der Waals surface area (Å²) in [7, 11) is 0. The molecule has 0 saturated heterocycles. The van der Waals surface area contributed by atoms with Crippen LogP contribution in [0.5, 0.6) is 0 Å². The largest absolute Gasteiger partial charge is 0.450 e. The predicted octanol–water partition coefficient (Wildman–Crippen LogP) is 6.77. The van der Waals surface area contributed by atoms with Crippen LogP contribution in [-0.2, 0) is 38.2 Å². The quantitative estimate of drug-likeness (QED) is 0.159. The van der Waals surface area contributed by atoms with Crippen molar-refractivity contribution in [1.29, 1.82) is 0 Å². The van der Waals surface area contributed by atoms with E-state index in [2.05, 4.69) is 6.92 Å². The molecule has 0 radical (unpaired) electrons. The number of carbonyl (C=O) groups excluding carboxylic acids is 6. The van der Waals surface area contributed by atoms with Crippen molar-refractivity contribution in [3.05, 3.63) is 35.5 Å². The number of halogens is 1. The fourth-order valence-electron chi connectivity index (χ4n) is 16.0. The smallest absolute Gasteiger partial charge is 0.306 e. The average molecular weight is 909 g/mol. The first-order chi connectivity index (χ1) is 30.5. The van der Waals surface area contributed by atoms with Crippen molar-refractivity contribution in [2.45, 2.75) is 180 Å². The van der Waals surface area contributed by atoms with Crippen molar-refractivity contribution >= 4 is 35.1 Å². The Morgan fingerprint density at radius 1 is 0.769 bits per heavy atom. The second kappa shape index (κ2) is 17.6. The van der Waals surface area contributed by atoms with Gasteiger partial charge in [-0.15, -0.1) is 0 Å². The summed E-state index contributed by atoms with van der Waals surface area (Å²) in [5, 5.41) is 42.6. The van der Waals surface area contributed by atoms with Gasteiger partial charge in [0.1, 0.15) is 13.2 Å². The number of hydrogen-bond donors (Lipinski definition) is 4. The van der Waals surface area contributed by atoms with Gasteiger partial charge >= 0.3 is 11.9 Å².